The summed E-state index contributed by atoms with van der Waals surface area (Å²) in [5, 5.41) is 7.77. The molecule has 9 rings (SSSR count). The summed E-state index contributed by atoms with van der Waals surface area (Å²) >= 11 is 0. The SMILES string of the molecule is C/C=C(\C)c1ccccn1.C=C/C=C(C=C)/C(C=C)=N\C=C/C.c1ccc(-c2ccc(-c3ccc4ccc5c(-c6ccc(-c7ccncc7)cc6)ccc6ccc3c4c65)cc2)nc1. The maximum atomic E-state index is 4.51. The molecule has 0 atom stereocenters. The van der Waals surface area contributed by atoms with Crippen molar-refractivity contribution in [3.63, 3.8) is 0 Å². The summed E-state index contributed by atoms with van der Waals surface area (Å²) in [5.74, 6) is 0. The van der Waals surface area contributed by atoms with Gasteiger partial charge in [-0.1, -0.05) is 159 Å². The molecule has 4 nitrogen and oxygen atoms in total. The van der Waals surface area contributed by atoms with E-state index in [9.17, 15) is 0 Å². The molecule has 0 N–H and O–H groups in total. The summed E-state index contributed by atoms with van der Waals surface area (Å²) in [7, 11) is 0. The van der Waals surface area contributed by atoms with Gasteiger partial charge in [-0.3, -0.25) is 19.9 Å². The van der Waals surface area contributed by atoms with E-state index in [1.54, 1.807) is 24.4 Å². The highest BCUT2D eigenvalue weighted by Crippen LogP contribution is 2.42. The number of pyridine rings is 3. The summed E-state index contributed by atoms with van der Waals surface area (Å²) in [6, 6.07) is 51.9. The van der Waals surface area contributed by atoms with Crippen LogP contribution in [0.5, 0.6) is 0 Å². The van der Waals surface area contributed by atoms with Crippen molar-refractivity contribution >= 4 is 43.6 Å². The lowest BCUT2D eigenvalue weighted by atomic mass is 9.87. The van der Waals surface area contributed by atoms with Gasteiger partial charge < -0.3 is 0 Å². The fraction of sp³-hybridized carbons (Fsp3) is 0.0508. The molecule has 4 heteroatoms. The van der Waals surface area contributed by atoms with Crippen LogP contribution in [0.4, 0.5) is 0 Å². The van der Waals surface area contributed by atoms with Crippen LogP contribution in [0.2, 0.25) is 0 Å². The quantitative estimate of drug-likeness (QED) is 0.0785. The van der Waals surface area contributed by atoms with Crippen molar-refractivity contribution in [1.82, 2.24) is 15.0 Å². The van der Waals surface area contributed by atoms with Crippen LogP contribution in [0.1, 0.15) is 26.5 Å². The van der Waals surface area contributed by atoms with Crippen LogP contribution >= 0.6 is 0 Å². The number of hydrogen-bond acceptors (Lipinski definition) is 4. The van der Waals surface area contributed by atoms with Crippen LogP contribution < -0.4 is 0 Å². The van der Waals surface area contributed by atoms with E-state index in [1.165, 1.54) is 71.3 Å². The highest BCUT2D eigenvalue weighted by atomic mass is 14.7. The second-order valence-electron chi connectivity index (χ2n) is 14.7. The molecule has 0 saturated carbocycles. The van der Waals surface area contributed by atoms with E-state index in [-0.39, 0.29) is 0 Å². The van der Waals surface area contributed by atoms with Crippen molar-refractivity contribution in [3.05, 3.63) is 244 Å². The Morgan fingerprint density at radius 1 is 0.524 bits per heavy atom. The molecule has 0 spiro atoms. The van der Waals surface area contributed by atoms with Gasteiger partial charge in [0.1, 0.15) is 0 Å². The fourth-order valence-corrected chi connectivity index (χ4v) is 7.57. The van der Waals surface area contributed by atoms with Crippen molar-refractivity contribution in [2.45, 2.75) is 20.8 Å². The molecule has 6 aromatic carbocycles. The summed E-state index contributed by atoms with van der Waals surface area (Å²) in [4.78, 5) is 17.0. The average molecular weight is 815 g/mol. The monoisotopic (exact) mass is 814 g/mol. The number of aromatic nitrogens is 3. The molecule has 0 aliphatic carbocycles. The molecule has 0 bridgehead atoms. The lowest BCUT2D eigenvalue weighted by molar-refractivity contribution is 1.26. The van der Waals surface area contributed by atoms with Gasteiger partial charge in [0.25, 0.3) is 0 Å². The molecule has 0 aliphatic rings. The summed E-state index contributed by atoms with van der Waals surface area (Å²) < 4.78 is 0. The molecule has 0 fully saturated rings. The maximum Gasteiger partial charge on any atom is 0.0701 e. The number of aliphatic imine (C=N–C) groups is 1. The van der Waals surface area contributed by atoms with Crippen molar-refractivity contribution in [1.29, 1.82) is 0 Å². The van der Waals surface area contributed by atoms with Crippen molar-refractivity contribution in [2.75, 3.05) is 0 Å². The van der Waals surface area contributed by atoms with Gasteiger partial charge >= 0.3 is 0 Å². The van der Waals surface area contributed by atoms with Gasteiger partial charge in [0.2, 0.25) is 0 Å². The van der Waals surface area contributed by atoms with E-state index in [1.807, 2.05) is 81.1 Å². The van der Waals surface area contributed by atoms with E-state index in [0.29, 0.717) is 0 Å². The van der Waals surface area contributed by atoms with Crippen molar-refractivity contribution < 1.29 is 0 Å². The normalized spacial score (nSPS) is 11.8. The molecule has 0 radical (unpaired) electrons. The van der Waals surface area contributed by atoms with Gasteiger partial charge in [0.05, 0.1) is 17.1 Å². The number of allylic oxidation sites excluding steroid dienone is 8. The zero-order valence-electron chi connectivity index (χ0n) is 36.1. The third kappa shape index (κ3) is 9.94. The summed E-state index contributed by atoms with van der Waals surface area (Å²) in [6.07, 6.45) is 19.9. The highest BCUT2D eigenvalue weighted by Gasteiger charge is 2.15. The zero-order chi connectivity index (χ0) is 44.0. The van der Waals surface area contributed by atoms with Crippen molar-refractivity contribution in [3.8, 4) is 44.6 Å². The smallest absolute Gasteiger partial charge is 0.0701 e. The Morgan fingerprint density at radius 2 is 1.06 bits per heavy atom. The minimum atomic E-state index is 0.799. The third-order valence-electron chi connectivity index (χ3n) is 10.9. The van der Waals surface area contributed by atoms with E-state index in [0.717, 1.165) is 28.2 Å². The second-order valence-corrected chi connectivity index (χ2v) is 14.7. The average Bonchev–Trinajstić information content (AvgIpc) is 3.36. The molecule has 3 heterocycles. The lowest BCUT2D eigenvalue weighted by Crippen LogP contribution is -1.94. The van der Waals surface area contributed by atoms with Crippen LogP contribution in [0.15, 0.2) is 243 Å². The molecular weight excluding hydrogens is 765 g/mol. The predicted octanol–water partition coefficient (Wildman–Crippen LogP) is 16.0. The summed E-state index contributed by atoms with van der Waals surface area (Å²) in [5.41, 5.74) is 13.4. The van der Waals surface area contributed by atoms with Gasteiger partial charge in [-0.2, -0.15) is 0 Å². The Morgan fingerprint density at radius 3 is 1.56 bits per heavy atom. The fourth-order valence-electron chi connectivity index (χ4n) is 7.57. The third-order valence-corrected chi connectivity index (χ3v) is 10.9. The minimum Gasteiger partial charge on any atom is -0.265 e. The van der Waals surface area contributed by atoms with Crippen LogP contribution in [0.25, 0.3) is 82.5 Å². The first-order chi connectivity index (χ1) is 31.0. The largest absolute Gasteiger partial charge is 0.265 e. The van der Waals surface area contributed by atoms with Gasteiger partial charge in [-0.15, -0.1) is 0 Å². The first-order valence-electron chi connectivity index (χ1n) is 21.0. The van der Waals surface area contributed by atoms with Crippen LogP contribution in [-0.2, 0) is 0 Å². The van der Waals surface area contributed by atoms with Gasteiger partial charge in [0, 0.05) is 36.6 Å². The maximum absolute atomic E-state index is 4.51. The molecule has 3 aromatic heterocycles. The first-order valence-corrected chi connectivity index (χ1v) is 21.0. The predicted molar refractivity (Wildman–Crippen MR) is 272 cm³/mol. The van der Waals surface area contributed by atoms with Crippen LogP contribution in [0.3, 0.4) is 0 Å². The Hall–Kier alpha value is -8.08. The standard InChI is InChI=1S/C38H24N2.C12H15N.C9H11N/c1-2-22-40-36(3-1)29-10-8-28(9-11-29)33-17-13-31-14-18-34-32(16-12-30-15-19-35(33)38(31)37(30)34)27-6-4-25(5-7-27)26-20-23-39-24-21-26;1-5-9-11(7-3)12(8-4)13-10-6-2;1-3-8(2)9-6-4-5-7-10-9/h1-24H;5-10H,1,3-4H2,2H3;3-7H,1-2H3/b;10-6-,11-9+,13-12-;8-3+. The van der Waals surface area contributed by atoms with Crippen molar-refractivity contribution in [2.24, 2.45) is 4.99 Å². The minimum absolute atomic E-state index is 0.799. The topological polar surface area (TPSA) is 51.0 Å². The number of rotatable bonds is 10. The molecule has 0 unspecified atom stereocenters. The molecule has 0 saturated heterocycles. The van der Waals surface area contributed by atoms with E-state index in [2.05, 4.69) is 168 Å². The molecule has 306 valence electrons. The number of nitrogens with zero attached hydrogens (tertiary/aromatic N) is 4. The van der Waals surface area contributed by atoms with E-state index in [4.69, 9.17) is 0 Å². The van der Waals surface area contributed by atoms with Gasteiger partial charge in [-0.25, -0.2) is 0 Å². The Bertz CT molecular complexity index is 2930. The number of hydrogen-bond donors (Lipinski definition) is 0. The Labute approximate surface area is 371 Å². The molecule has 63 heavy (non-hydrogen) atoms. The number of benzene rings is 6. The second kappa shape index (κ2) is 20.9. The molecular formula is C59H50N4. The zero-order valence-corrected chi connectivity index (χ0v) is 36.1. The highest BCUT2D eigenvalue weighted by molar-refractivity contribution is 6.27. The van der Waals surface area contributed by atoms with E-state index < -0.39 is 0 Å². The lowest BCUT2D eigenvalue weighted by Gasteiger charge is -2.17. The molecule has 0 amide bonds. The first kappa shape index (κ1) is 43.0. The van der Waals surface area contributed by atoms with Gasteiger partial charge in [-0.05, 0) is 140 Å². The van der Waals surface area contributed by atoms with Crippen LogP contribution in [0, 0.1) is 0 Å². The Kier molecular flexibility index (Phi) is 14.3. The summed E-state index contributed by atoms with van der Waals surface area (Å²) in [6.45, 7) is 17.0. The molecule has 0 aliphatic heterocycles. The van der Waals surface area contributed by atoms with E-state index >= 15 is 0 Å². The van der Waals surface area contributed by atoms with Crippen LogP contribution in [-0.4, -0.2) is 20.7 Å². The van der Waals surface area contributed by atoms with Gasteiger partial charge in [0.15, 0.2) is 0 Å². The molecule has 9 aromatic rings. The Balaban J connectivity index is 0.000000213.